The van der Waals surface area contributed by atoms with Gasteiger partial charge in [0.2, 0.25) is 0 Å². The second kappa shape index (κ2) is 6.23. The summed E-state index contributed by atoms with van der Waals surface area (Å²) in [6, 6.07) is 10.2. The van der Waals surface area contributed by atoms with E-state index in [9.17, 15) is 10.2 Å². The van der Waals surface area contributed by atoms with Crippen molar-refractivity contribution in [2.45, 2.75) is 32.3 Å². The number of nitrogens with zero attached hydrogens (tertiary/aromatic N) is 2. The van der Waals surface area contributed by atoms with E-state index in [1.54, 1.807) is 0 Å². The number of hydrogen-bond donors (Lipinski definition) is 2. The minimum atomic E-state index is -0.521. The summed E-state index contributed by atoms with van der Waals surface area (Å²) in [7, 11) is 0. The first-order chi connectivity index (χ1) is 10.7. The number of benzene rings is 1. The van der Waals surface area contributed by atoms with Crippen molar-refractivity contribution in [1.29, 1.82) is 0 Å². The molecule has 2 aromatic rings. The molecule has 0 saturated carbocycles. The largest absolute Gasteiger partial charge is 0.396 e. The van der Waals surface area contributed by atoms with Crippen molar-refractivity contribution >= 4 is 16.6 Å². The van der Waals surface area contributed by atoms with Gasteiger partial charge in [-0.2, -0.15) is 0 Å². The fourth-order valence-electron chi connectivity index (χ4n) is 3.62. The Morgan fingerprint density at radius 1 is 1.32 bits per heavy atom. The molecule has 2 N–H and O–H groups in total. The molecule has 0 amide bonds. The van der Waals surface area contributed by atoms with Gasteiger partial charge in [0.25, 0.3) is 0 Å². The van der Waals surface area contributed by atoms with Gasteiger partial charge in [0.15, 0.2) is 0 Å². The summed E-state index contributed by atoms with van der Waals surface area (Å²) >= 11 is 0. The second-order valence-electron chi connectivity index (χ2n) is 6.34. The maximum atomic E-state index is 10.6. The molecule has 0 radical (unpaired) electrons. The summed E-state index contributed by atoms with van der Waals surface area (Å²) in [5.41, 5.74) is -0.351. The van der Waals surface area contributed by atoms with E-state index in [0.29, 0.717) is 6.54 Å². The van der Waals surface area contributed by atoms with E-state index in [1.807, 2.05) is 24.4 Å². The lowest BCUT2D eigenvalue weighted by molar-refractivity contribution is -0.0371. The van der Waals surface area contributed by atoms with Gasteiger partial charge in [-0.15, -0.1) is 0 Å². The smallest absolute Gasteiger partial charge is 0.136 e. The Morgan fingerprint density at radius 2 is 2.14 bits per heavy atom. The molecule has 1 fully saturated rings. The van der Waals surface area contributed by atoms with Gasteiger partial charge < -0.3 is 15.1 Å². The Labute approximate surface area is 131 Å². The standard InChI is InChI=1S/C18H24N2O2/c1-2-8-18(13-21)9-11-20(12-16(18)22)17-15-6-4-3-5-14(15)7-10-19-17/h3-7,10,16,21-22H,2,8-9,11-13H2,1H3/t16-,18-/m1/s1. The lowest BCUT2D eigenvalue weighted by atomic mass is 9.73. The number of pyridine rings is 1. The lowest BCUT2D eigenvalue weighted by Crippen LogP contribution is -2.53. The fraction of sp³-hybridized carbons (Fsp3) is 0.500. The van der Waals surface area contributed by atoms with Crippen LogP contribution in [0.25, 0.3) is 10.8 Å². The lowest BCUT2D eigenvalue weighted by Gasteiger charge is -2.45. The van der Waals surface area contributed by atoms with Crippen LogP contribution in [0.15, 0.2) is 36.5 Å². The van der Waals surface area contributed by atoms with Crippen molar-refractivity contribution in [3.63, 3.8) is 0 Å². The van der Waals surface area contributed by atoms with Crippen LogP contribution >= 0.6 is 0 Å². The Hall–Kier alpha value is -1.65. The molecular formula is C18H24N2O2. The molecule has 1 saturated heterocycles. The first kappa shape index (κ1) is 15.3. The highest BCUT2D eigenvalue weighted by atomic mass is 16.3. The van der Waals surface area contributed by atoms with Crippen molar-refractivity contribution in [1.82, 2.24) is 4.98 Å². The van der Waals surface area contributed by atoms with Crippen molar-refractivity contribution < 1.29 is 10.2 Å². The monoisotopic (exact) mass is 300 g/mol. The predicted molar refractivity (Wildman–Crippen MR) is 89.0 cm³/mol. The average Bonchev–Trinajstić information content (AvgIpc) is 2.56. The molecule has 22 heavy (non-hydrogen) atoms. The summed E-state index contributed by atoms with van der Waals surface area (Å²) in [6.45, 7) is 3.50. The zero-order chi connectivity index (χ0) is 15.6. The molecule has 2 atom stereocenters. The quantitative estimate of drug-likeness (QED) is 0.911. The topological polar surface area (TPSA) is 56.6 Å². The van der Waals surface area contributed by atoms with Gasteiger partial charge in [-0.3, -0.25) is 0 Å². The summed E-state index contributed by atoms with van der Waals surface area (Å²) in [6.07, 6.45) is 3.94. The number of rotatable bonds is 4. The van der Waals surface area contributed by atoms with E-state index >= 15 is 0 Å². The van der Waals surface area contributed by atoms with E-state index < -0.39 is 6.10 Å². The van der Waals surface area contributed by atoms with Crippen LogP contribution in [-0.2, 0) is 0 Å². The van der Waals surface area contributed by atoms with Crippen LogP contribution in [0.3, 0.4) is 0 Å². The molecule has 3 rings (SSSR count). The minimum Gasteiger partial charge on any atom is -0.396 e. The van der Waals surface area contributed by atoms with Crippen LogP contribution in [0.4, 0.5) is 5.82 Å². The first-order valence-corrected chi connectivity index (χ1v) is 8.08. The summed E-state index contributed by atoms with van der Waals surface area (Å²) in [4.78, 5) is 6.69. The number of fused-ring (bicyclic) bond motifs is 1. The SMILES string of the molecule is CCC[C@]1(CO)CCN(c2nccc3ccccc23)C[C@H]1O. The number of aliphatic hydroxyl groups excluding tert-OH is 2. The van der Waals surface area contributed by atoms with E-state index in [0.717, 1.165) is 42.4 Å². The molecule has 0 spiro atoms. The Bertz CT molecular complexity index is 641. The summed E-state index contributed by atoms with van der Waals surface area (Å²) < 4.78 is 0. The molecule has 1 aromatic heterocycles. The number of aliphatic hydroxyl groups is 2. The fourth-order valence-corrected chi connectivity index (χ4v) is 3.62. The summed E-state index contributed by atoms with van der Waals surface area (Å²) in [5.74, 6) is 0.931. The van der Waals surface area contributed by atoms with Gasteiger partial charge in [0.05, 0.1) is 12.7 Å². The zero-order valence-electron chi connectivity index (χ0n) is 13.1. The minimum absolute atomic E-state index is 0.0544. The van der Waals surface area contributed by atoms with Gasteiger partial charge >= 0.3 is 0 Å². The van der Waals surface area contributed by atoms with E-state index in [-0.39, 0.29) is 12.0 Å². The number of piperidine rings is 1. The maximum Gasteiger partial charge on any atom is 0.136 e. The Balaban J connectivity index is 1.88. The highest BCUT2D eigenvalue weighted by Crippen LogP contribution is 2.38. The Kier molecular flexibility index (Phi) is 4.32. The van der Waals surface area contributed by atoms with Crippen molar-refractivity contribution in [3.05, 3.63) is 36.5 Å². The van der Waals surface area contributed by atoms with E-state index in [1.165, 1.54) is 0 Å². The van der Waals surface area contributed by atoms with E-state index in [4.69, 9.17) is 0 Å². The van der Waals surface area contributed by atoms with Gasteiger partial charge in [-0.25, -0.2) is 4.98 Å². The Morgan fingerprint density at radius 3 is 2.86 bits per heavy atom. The molecule has 2 heterocycles. The highest BCUT2D eigenvalue weighted by molar-refractivity contribution is 5.92. The van der Waals surface area contributed by atoms with Crippen LogP contribution in [0.2, 0.25) is 0 Å². The molecule has 4 nitrogen and oxygen atoms in total. The molecule has 1 aliphatic heterocycles. The molecule has 1 aliphatic rings. The third-order valence-corrected chi connectivity index (χ3v) is 4.99. The third kappa shape index (κ3) is 2.57. The molecule has 118 valence electrons. The van der Waals surface area contributed by atoms with Crippen molar-refractivity contribution in [2.24, 2.45) is 5.41 Å². The van der Waals surface area contributed by atoms with Crippen LogP contribution in [0.1, 0.15) is 26.2 Å². The van der Waals surface area contributed by atoms with Crippen molar-refractivity contribution in [2.75, 3.05) is 24.6 Å². The number of anilines is 1. The van der Waals surface area contributed by atoms with Crippen molar-refractivity contribution in [3.8, 4) is 0 Å². The summed E-state index contributed by atoms with van der Waals surface area (Å²) in [5, 5.41) is 22.7. The van der Waals surface area contributed by atoms with E-state index in [2.05, 4.69) is 28.9 Å². The molecule has 4 heteroatoms. The molecule has 1 aromatic carbocycles. The normalized spacial score (nSPS) is 25.6. The van der Waals surface area contributed by atoms with Gasteiger partial charge in [-0.05, 0) is 24.3 Å². The maximum absolute atomic E-state index is 10.6. The van der Waals surface area contributed by atoms with Crippen LogP contribution in [-0.4, -0.2) is 41.0 Å². The number of aromatic nitrogens is 1. The average molecular weight is 300 g/mol. The molecule has 0 unspecified atom stereocenters. The zero-order valence-corrected chi connectivity index (χ0v) is 13.1. The second-order valence-corrected chi connectivity index (χ2v) is 6.34. The number of hydrogen-bond acceptors (Lipinski definition) is 4. The van der Waals surface area contributed by atoms with Gasteiger partial charge in [-0.1, -0.05) is 37.6 Å². The van der Waals surface area contributed by atoms with Gasteiger partial charge in [0.1, 0.15) is 5.82 Å². The molecular weight excluding hydrogens is 276 g/mol. The van der Waals surface area contributed by atoms with Crippen LogP contribution in [0.5, 0.6) is 0 Å². The van der Waals surface area contributed by atoms with Crippen LogP contribution in [0, 0.1) is 5.41 Å². The third-order valence-electron chi connectivity index (χ3n) is 4.99. The van der Waals surface area contributed by atoms with Crippen LogP contribution < -0.4 is 4.90 Å². The first-order valence-electron chi connectivity index (χ1n) is 8.08. The molecule has 0 aliphatic carbocycles. The predicted octanol–water partition coefficient (Wildman–Crippen LogP) is 2.58. The van der Waals surface area contributed by atoms with Gasteiger partial charge in [0, 0.05) is 30.1 Å². The number of β-amino-alcohol motifs (C(OH)–C–C–N with tert-alkyl or cyclic N) is 1. The highest BCUT2D eigenvalue weighted by Gasteiger charge is 2.41. The molecule has 0 bridgehead atoms.